The van der Waals surface area contributed by atoms with Crippen LogP contribution in [0.5, 0.6) is 5.75 Å². The predicted octanol–water partition coefficient (Wildman–Crippen LogP) is 8.35. The summed E-state index contributed by atoms with van der Waals surface area (Å²) in [6, 6.07) is 8.11. The molecule has 4 nitrogen and oxygen atoms in total. The van der Waals surface area contributed by atoms with Crippen molar-refractivity contribution in [2.75, 3.05) is 6.61 Å². The first kappa shape index (κ1) is 25.6. The topological polar surface area (TPSA) is 47.9 Å². The first-order chi connectivity index (χ1) is 16.3. The van der Waals surface area contributed by atoms with E-state index in [-0.39, 0.29) is 0 Å². The van der Waals surface area contributed by atoms with Crippen LogP contribution >= 0.6 is 0 Å². The van der Waals surface area contributed by atoms with Crippen molar-refractivity contribution >= 4 is 0 Å². The number of nitrogens with zero attached hydrogens (tertiary/aromatic N) is 3. The molecule has 33 heavy (non-hydrogen) atoms. The van der Waals surface area contributed by atoms with Crippen LogP contribution in [0.15, 0.2) is 30.5 Å². The number of unbranched alkanes of at least 4 members (excludes halogenated alkanes) is 11. The molecule has 0 saturated heterocycles. The van der Waals surface area contributed by atoms with Crippen molar-refractivity contribution in [1.29, 1.82) is 0 Å². The van der Waals surface area contributed by atoms with E-state index >= 15 is 0 Å². The normalized spacial score (nSPS) is 13.4. The van der Waals surface area contributed by atoms with Crippen LogP contribution in [-0.4, -0.2) is 21.8 Å². The Morgan fingerprint density at radius 2 is 1.42 bits per heavy atom. The third kappa shape index (κ3) is 11.1. The van der Waals surface area contributed by atoms with Crippen LogP contribution in [0, 0.1) is 5.92 Å². The Morgan fingerprint density at radius 1 is 0.727 bits per heavy atom. The van der Waals surface area contributed by atoms with Gasteiger partial charge in [-0.25, -0.2) is 0 Å². The van der Waals surface area contributed by atoms with Crippen molar-refractivity contribution in [3.8, 4) is 17.1 Å². The Bertz CT molecular complexity index is 740. The molecule has 0 unspecified atom stereocenters. The maximum absolute atomic E-state index is 5.83. The summed E-state index contributed by atoms with van der Waals surface area (Å²) >= 11 is 0. The third-order valence-electron chi connectivity index (χ3n) is 6.73. The molecule has 1 aliphatic rings. The van der Waals surface area contributed by atoms with E-state index in [1.54, 1.807) is 6.20 Å². The fourth-order valence-electron chi connectivity index (χ4n) is 4.35. The highest BCUT2D eigenvalue weighted by atomic mass is 16.5. The van der Waals surface area contributed by atoms with Crippen LogP contribution in [0.2, 0.25) is 0 Å². The summed E-state index contributed by atoms with van der Waals surface area (Å²) in [6.07, 6.45) is 24.5. The molecule has 1 fully saturated rings. The highest BCUT2D eigenvalue weighted by molar-refractivity contribution is 5.53. The fourth-order valence-corrected chi connectivity index (χ4v) is 4.35. The number of rotatable bonds is 19. The Hall–Kier alpha value is -1.97. The van der Waals surface area contributed by atoms with Crippen LogP contribution in [0.3, 0.4) is 0 Å². The van der Waals surface area contributed by atoms with Gasteiger partial charge in [-0.3, -0.25) is 4.98 Å². The molecule has 0 N–H and O–H groups in total. The number of aryl methyl sites for hydroxylation is 1. The minimum Gasteiger partial charge on any atom is -0.492 e. The van der Waals surface area contributed by atoms with Gasteiger partial charge in [0.15, 0.2) is 0 Å². The number of hydrogen-bond donors (Lipinski definition) is 0. The lowest BCUT2D eigenvalue weighted by atomic mass is 10.1. The van der Waals surface area contributed by atoms with E-state index < -0.39 is 0 Å². The Morgan fingerprint density at radius 3 is 2.09 bits per heavy atom. The van der Waals surface area contributed by atoms with E-state index in [0.29, 0.717) is 0 Å². The second kappa shape index (κ2) is 15.8. The largest absolute Gasteiger partial charge is 0.492 e. The molecule has 0 aliphatic heterocycles. The summed E-state index contributed by atoms with van der Waals surface area (Å²) < 4.78 is 5.83. The second-order valence-corrected chi connectivity index (χ2v) is 9.86. The summed E-state index contributed by atoms with van der Waals surface area (Å²) in [7, 11) is 0. The Labute approximate surface area is 202 Å². The monoisotopic (exact) mass is 451 g/mol. The lowest BCUT2D eigenvalue weighted by Crippen LogP contribution is -1.99. The van der Waals surface area contributed by atoms with Crippen LogP contribution in [0.1, 0.15) is 115 Å². The molecule has 0 bridgehead atoms. The lowest BCUT2D eigenvalue weighted by Gasteiger charge is -2.07. The van der Waals surface area contributed by atoms with Gasteiger partial charge in [-0.1, -0.05) is 96.8 Å². The van der Waals surface area contributed by atoms with Gasteiger partial charge in [0.05, 0.1) is 24.2 Å². The molecule has 0 amide bonds. The molecule has 1 aliphatic carbocycles. The van der Waals surface area contributed by atoms with E-state index in [4.69, 9.17) is 4.74 Å². The molecule has 0 spiro atoms. The molecular formula is C29H45N3O. The number of hydrogen-bond acceptors (Lipinski definition) is 4. The van der Waals surface area contributed by atoms with Gasteiger partial charge in [-0.2, -0.15) is 5.10 Å². The van der Waals surface area contributed by atoms with E-state index in [9.17, 15) is 0 Å². The Balaban J connectivity index is 1.25. The molecule has 2 heterocycles. The average Bonchev–Trinajstić information content (AvgIpc) is 3.68. The maximum Gasteiger partial charge on any atom is 0.137 e. The van der Waals surface area contributed by atoms with E-state index in [1.165, 1.54) is 96.3 Å². The first-order valence-electron chi connectivity index (χ1n) is 13.8. The van der Waals surface area contributed by atoms with Crippen molar-refractivity contribution in [3.63, 3.8) is 0 Å². The zero-order valence-corrected chi connectivity index (χ0v) is 20.9. The molecule has 0 radical (unpaired) electrons. The highest BCUT2D eigenvalue weighted by Crippen LogP contribution is 2.34. The van der Waals surface area contributed by atoms with Crippen molar-refractivity contribution in [3.05, 3.63) is 36.2 Å². The number of pyridine rings is 1. The van der Waals surface area contributed by atoms with Crippen molar-refractivity contribution in [1.82, 2.24) is 15.2 Å². The summed E-state index contributed by atoms with van der Waals surface area (Å²) in [5.41, 5.74) is 2.76. The zero-order valence-electron chi connectivity index (χ0n) is 20.9. The SMILES string of the molecule is CCCCCCCCOc1ccc(-c2ccc(CCCCCCCCCC3CC3)nn2)nc1. The van der Waals surface area contributed by atoms with Crippen molar-refractivity contribution in [2.24, 2.45) is 5.92 Å². The minimum absolute atomic E-state index is 0.766. The zero-order chi connectivity index (χ0) is 23.0. The molecule has 1 saturated carbocycles. The van der Waals surface area contributed by atoms with Crippen LogP contribution in [0.4, 0.5) is 0 Å². The van der Waals surface area contributed by atoms with Crippen LogP contribution < -0.4 is 4.74 Å². The Kier molecular flexibility index (Phi) is 12.3. The van der Waals surface area contributed by atoms with Crippen molar-refractivity contribution in [2.45, 2.75) is 116 Å². The predicted molar refractivity (Wildman–Crippen MR) is 137 cm³/mol. The molecule has 2 aromatic rings. The van der Waals surface area contributed by atoms with Crippen LogP contribution in [0.25, 0.3) is 11.4 Å². The summed E-state index contributed by atoms with van der Waals surface area (Å²) in [5, 5.41) is 8.83. The summed E-state index contributed by atoms with van der Waals surface area (Å²) in [4.78, 5) is 4.52. The van der Waals surface area contributed by atoms with Crippen LogP contribution in [-0.2, 0) is 6.42 Å². The quantitative estimate of drug-likeness (QED) is 0.201. The van der Waals surface area contributed by atoms with Gasteiger partial charge in [0, 0.05) is 0 Å². The fraction of sp³-hybridized carbons (Fsp3) is 0.690. The molecule has 0 atom stereocenters. The summed E-state index contributed by atoms with van der Waals surface area (Å²) in [6.45, 7) is 3.02. The summed E-state index contributed by atoms with van der Waals surface area (Å²) in [5.74, 6) is 1.93. The van der Waals surface area contributed by atoms with Gasteiger partial charge in [-0.05, 0) is 49.4 Å². The van der Waals surface area contributed by atoms with Crippen molar-refractivity contribution < 1.29 is 4.74 Å². The maximum atomic E-state index is 5.83. The number of ether oxygens (including phenoxy) is 1. The molecule has 182 valence electrons. The average molecular weight is 452 g/mol. The van der Waals surface area contributed by atoms with Gasteiger partial charge in [-0.15, -0.1) is 5.10 Å². The number of aromatic nitrogens is 3. The van der Waals surface area contributed by atoms with Gasteiger partial charge >= 0.3 is 0 Å². The smallest absolute Gasteiger partial charge is 0.137 e. The van der Waals surface area contributed by atoms with E-state index in [0.717, 1.165) is 48.2 Å². The molecule has 4 heteroatoms. The standard InChI is InChI=1S/C29H45N3O/c1-2-3-4-5-11-14-23-33-27-20-22-28(30-24-27)29-21-19-26(31-32-29)16-13-10-8-6-7-9-12-15-25-17-18-25/h19-22,24-25H,2-18,23H2,1H3. The van der Waals surface area contributed by atoms with Gasteiger partial charge < -0.3 is 4.74 Å². The van der Waals surface area contributed by atoms with Gasteiger partial charge in [0.1, 0.15) is 11.4 Å². The van der Waals surface area contributed by atoms with E-state index in [1.807, 2.05) is 18.2 Å². The first-order valence-corrected chi connectivity index (χ1v) is 13.8. The lowest BCUT2D eigenvalue weighted by molar-refractivity contribution is 0.303. The minimum atomic E-state index is 0.766. The van der Waals surface area contributed by atoms with Gasteiger partial charge in [0.25, 0.3) is 0 Å². The third-order valence-corrected chi connectivity index (χ3v) is 6.73. The molecule has 3 rings (SSSR count). The molecule has 0 aromatic carbocycles. The molecular weight excluding hydrogens is 406 g/mol. The van der Waals surface area contributed by atoms with E-state index in [2.05, 4.69) is 28.2 Å². The van der Waals surface area contributed by atoms with Gasteiger partial charge in [0.2, 0.25) is 0 Å². The highest BCUT2D eigenvalue weighted by Gasteiger charge is 2.19. The second-order valence-electron chi connectivity index (χ2n) is 9.86. The molecule has 2 aromatic heterocycles.